The molecule has 1 unspecified atom stereocenters. The largest absolute Gasteiger partial charge is 0.357 e. The lowest BCUT2D eigenvalue weighted by atomic mass is 10.1. The Morgan fingerprint density at radius 1 is 1.27 bits per heavy atom. The SMILES string of the molecule is CCNC(=NCc1ccnc(N2CCCC2)c1)NC(C)Cc1c(C)nn(C)c1C.I. The molecule has 2 aromatic rings. The van der Waals surface area contributed by atoms with E-state index in [0.717, 1.165) is 43.5 Å². The maximum absolute atomic E-state index is 4.81. The van der Waals surface area contributed by atoms with Crippen molar-refractivity contribution in [1.29, 1.82) is 0 Å². The molecule has 1 fully saturated rings. The van der Waals surface area contributed by atoms with Gasteiger partial charge >= 0.3 is 0 Å². The Bertz CT molecular complexity index is 840. The predicted molar refractivity (Wildman–Crippen MR) is 135 cm³/mol. The first kappa shape index (κ1) is 24.4. The summed E-state index contributed by atoms with van der Waals surface area (Å²) in [7, 11) is 2.00. The fraction of sp³-hybridized carbons (Fsp3) is 0.591. The number of guanidine groups is 1. The minimum absolute atomic E-state index is 0. The molecule has 1 aliphatic heterocycles. The molecule has 2 N–H and O–H groups in total. The second-order valence-corrected chi connectivity index (χ2v) is 7.93. The smallest absolute Gasteiger partial charge is 0.191 e. The summed E-state index contributed by atoms with van der Waals surface area (Å²) in [4.78, 5) is 11.7. The number of aromatic nitrogens is 3. The van der Waals surface area contributed by atoms with Gasteiger partial charge in [-0.1, -0.05) is 0 Å². The molecule has 166 valence electrons. The van der Waals surface area contributed by atoms with Gasteiger partial charge in [-0.15, -0.1) is 24.0 Å². The number of aryl methyl sites for hydroxylation is 2. The first-order valence-corrected chi connectivity index (χ1v) is 10.7. The maximum atomic E-state index is 4.81. The van der Waals surface area contributed by atoms with E-state index in [1.54, 1.807) is 0 Å². The van der Waals surface area contributed by atoms with Crippen LogP contribution in [0, 0.1) is 13.8 Å². The number of hydrogen-bond donors (Lipinski definition) is 2. The number of nitrogens with one attached hydrogen (secondary N) is 2. The molecule has 3 heterocycles. The van der Waals surface area contributed by atoms with E-state index in [4.69, 9.17) is 4.99 Å². The second kappa shape index (κ2) is 11.5. The third kappa shape index (κ3) is 6.33. The molecule has 0 aromatic carbocycles. The van der Waals surface area contributed by atoms with Crippen molar-refractivity contribution in [2.24, 2.45) is 12.0 Å². The molecule has 0 amide bonds. The highest BCUT2D eigenvalue weighted by molar-refractivity contribution is 14.0. The van der Waals surface area contributed by atoms with Gasteiger partial charge in [-0.3, -0.25) is 4.68 Å². The van der Waals surface area contributed by atoms with Gasteiger partial charge in [0, 0.05) is 44.6 Å². The lowest BCUT2D eigenvalue weighted by Gasteiger charge is -2.19. The van der Waals surface area contributed by atoms with Crippen molar-refractivity contribution >= 4 is 35.8 Å². The first-order valence-electron chi connectivity index (χ1n) is 10.7. The van der Waals surface area contributed by atoms with Crippen LogP contribution in [0.4, 0.5) is 5.82 Å². The molecule has 1 saturated heterocycles. The highest BCUT2D eigenvalue weighted by Gasteiger charge is 2.15. The van der Waals surface area contributed by atoms with Crippen LogP contribution >= 0.6 is 24.0 Å². The summed E-state index contributed by atoms with van der Waals surface area (Å²) in [6, 6.07) is 4.48. The van der Waals surface area contributed by atoms with Crippen LogP contribution in [0.5, 0.6) is 0 Å². The summed E-state index contributed by atoms with van der Waals surface area (Å²) in [5.41, 5.74) is 4.83. The molecule has 2 aromatic heterocycles. The van der Waals surface area contributed by atoms with Gasteiger partial charge in [0.2, 0.25) is 0 Å². The van der Waals surface area contributed by atoms with Crippen LogP contribution in [-0.4, -0.2) is 46.4 Å². The molecule has 0 bridgehead atoms. The quantitative estimate of drug-likeness (QED) is 0.330. The topological polar surface area (TPSA) is 70.4 Å². The van der Waals surface area contributed by atoms with Crippen LogP contribution in [0.25, 0.3) is 0 Å². The van der Waals surface area contributed by atoms with Gasteiger partial charge < -0.3 is 15.5 Å². The van der Waals surface area contributed by atoms with Crippen LogP contribution in [0.15, 0.2) is 23.3 Å². The van der Waals surface area contributed by atoms with Crippen molar-refractivity contribution in [3.63, 3.8) is 0 Å². The van der Waals surface area contributed by atoms with Gasteiger partial charge in [0.15, 0.2) is 5.96 Å². The molecule has 30 heavy (non-hydrogen) atoms. The van der Waals surface area contributed by atoms with Crippen molar-refractivity contribution in [2.75, 3.05) is 24.5 Å². The summed E-state index contributed by atoms with van der Waals surface area (Å²) in [6.07, 6.45) is 5.33. The number of aliphatic imine (C=N–C) groups is 1. The molecule has 7 nitrogen and oxygen atoms in total. The zero-order chi connectivity index (χ0) is 20.8. The number of nitrogens with zero attached hydrogens (tertiary/aromatic N) is 5. The average molecular weight is 525 g/mol. The van der Waals surface area contributed by atoms with E-state index in [2.05, 4.69) is 65.4 Å². The van der Waals surface area contributed by atoms with Gasteiger partial charge in [-0.25, -0.2) is 9.98 Å². The standard InChI is InChI=1S/C22H35N7.HI/c1-6-23-22(26-16(2)13-20-17(3)27-28(5)18(20)4)25-15-19-9-10-24-21(14-19)29-11-7-8-12-29;/h9-10,14,16H,6-8,11-13,15H2,1-5H3,(H2,23,25,26);1H. The molecule has 0 spiro atoms. The highest BCUT2D eigenvalue weighted by Crippen LogP contribution is 2.19. The van der Waals surface area contributed by atoms with E-state index in [1.165, 1.54) is 29.7 Å². The lowest BCUT2D eigenvalue weighted by molar-refractivity contribution is 0.635. The highest BCUT2D eigenvalue weighted by atomic mass is 127. The molecule has 1 aliphatic rings. The van der Waals surface area contributed by atoms with Crippen molar-refractivity contribution in [2.45, 2.75) is 59.5 Å². The average Bonchev–Trinajstić information content (AvgIpc) is 3.32. The maximum Gasteiger partial charge on any atom is 0.191 e. The van der Waals surface area contributed by atoms with Crippen molar-refractivity contribution in [3.05, 3.63) is 40.8 Å². The van der Waals surface area contributed by atoms with E-state index in [9.17, 15) is 0 Å². The number of pyridine rings is 1. The Kier molecular flexibility index (Phi) is 9.38. The molecule has 0 radical (unpaired) electrons. The Hall–Kier alpha value is -1.84. The van der Waals surface area contributed by atoms with E-state index < -0.39 is 0 Å². The van der Waals surface area contributed by atoms with Gasteiger partial charge in [-0.05, 0) is 70.2 Å². The zero-order valence-corrected chi connectivity index (χ0v) is 21.2. The van der Waals surface area contributed by atoms with Crippen molar-refractivity contribution in [3.8, 4) is 0 Å². The minimum Gasteiger partial charge on any atom is -0.357 e. The van der Waals surface area contributed by atoms with Gasteiger partial charge in [0.1, 0.15) is 5.82 Å². The van der Waals surface area contributed by atoms with E-state index >= 15 is 0 Å². The van der Waals surface area contributed by atoms with Gasteiger partial charge in [-0.2, -0.15) is 5.10 Å². The van der Waals surface area contributed by atoms with E-state index in [1.807, 2.05) is 17.9 Å². The summed E-state index contributed by atoms with van der Waals surface area (Å²) in [5.74, 6) is 1.92. The summed E-state index contributed by atoms with van der Waals surface area (Å²) >= 11 is 0. The number of anilines is 1. The van der Waals surface area contributed by atoms with Crippen LogP contribution in [-0.2, 0) is 20.0 Å². The summed E-state index contributed by atoms with van der Waals surface area (Å²) < 4.78 is 1.96. The normalized spacial score (nSPS) is 15.1. The predicted octanol–water partition coefficient (Wildman–Crippen LogP) is 3.34. The molecule has 0 saturated carbocycles. The molecule has 8 heteroatoms. The fourth-order valence-electron chi connectivity index (χ4n) is 3.87. The van der Waals surface area contributed by atoms with Crippen molar-refractivity contribution in [1.82, 2.24) is 25.4 Å². The Balaban J connectivity index is 0.00000320. The van der Waals surface area contributed by atoms with E-state index in [0.29, 0.717) is 6.54 Å². The Labute approximate surface area is 197 Å². The number of hydrogen-bond acceptors (Lipinski definition) is 4. The van der Waals surface area contributed by atoms with Crippen LogP contribution in [0.3, 0.4) is 0 Å². The van der Waals surface area contributed by atoms with Crippen LogP contribution in [0.1, 0.15) is 49.2 Å². The van der Waals surface area contributed by atoms with Crippen LogP contribution < -0.4 is 15.5 Å². The summed E-state index contributed by atoms with van der Waals surface area (Å²) in [6.45, 7) is 12.2. The molecule has 1 atom stereocenters. The number of halogens is 1. The molecular weight excluding hydrogens is 489 g/mol. The Morgan fingerprint density at radius 2 is 2.00 bits per heavy atom. The Morgan fingerprint density at radius 3 is 2.63 bits per heavy atom. The van der Waals surface area contributed by atoms with Gasteiger partial charge in [0.25, 0.3) is 0 Å². The van der Waals surface area contributed by atoms with Crippen molar-refractivity contribution < 1.29 is 0 Å². The monoisotopic (exact) mass is 525 g/mol. The summed E-state index contributed by atoms with van der Waals surface area (Å²) in [5, 5.41) is 11.4. The second-order valence-electron chi connectivity index (χ2n) is 7.93. The van der Waals surface area contributed by atoms with Gasteiger partial charge in [0.05, 0.1) is 12.2 Å². The van der Waals surface area contributed by atoms with Crippen LogP contribution in [0.2, 0.25) is 0 Å². The fourth-order valence-corrected chi connectivity index (χ4v) is 3.87. The molecule has 3 rings (SSSR count). The minimum atomic E-state index is 0. The third-order valence-electron chi connectivity index (χ3n) is 5.56. The zero-order valence-electron chi connectivity index (χ0n) is 18.9. The molecule has 0 aliphatic carbocycles. The molecular formula is C22H36IN7. The number of rotatable bonds is 7. The lowest BCUT2D eigenvalue weighted by Crippen LogP contribution is -2.43. The first-order chi connectivity index (χ1) is 14.0. The third-order valence-corrected chi connectivity index (χ3v) is 5.56. The van der Waals surface area contributed by atoms with E-state index in [-0.39, 0.29) is 30.0 Å².